The van der Waals surface area contributed by atoms with E-state index in [4.69, 9.17) is 0 Å². The third-order valence-corrected chi connectivity index (χ3v) is 4.58. The Morgan fingerprint density at radius 2 is 1.65 bits per heavy atom. The molecule has 0 aliphatic carbocycles. The van der Waals surface area contributed by atoms with Crippen molar-refractivity contribution in [3.63, 3.8) is 0 Å². The first kappa shape index (κ1) is 19.8. The summed E-state index contributed by atoms with van der Waals surface area (Å²) in [5.41, 5.74) is 5.86. The molecule has 138 valence electrons. The minimum absolute atomic E-state index is 0.124. The van der Waals surface area contributed by atoms with E-state index < -0.39 is 0 Å². The van der Waals surface area contributed by atoms with Gasteiger partial charge in [0.05, 0.1) is 0 Å². The van der Waals surface area contributed by atoms with Gasteiger partial charge in [-0.3, -0.25) is 0 Å². The molecule has 26 heavy (non-hydrogen) atoms. The molecular weight excluding hydrogens is 320 g/mol. The SMILES string of the molecule is CC(C)=CCCC(C)=CCc1c(O)cc(O)cc1CCc1ccccc1. The van der Waals surface area contributed by atoms with E-state index in [1.165, 1.54) is 22.8 Å². The summed E-state index contributed by atoms with van der Waals surface area (Å²) in [7, 11) is 0. The zero-order valence-corrected chi connectivity index (χ0v) is 16.1. The molecule has 2 aromatic rings. The summed E-state index contributed by atoms with van der Waals surface area (Å²) in [5, 5.41) is 20.2. The predicted octanol–water partition coefficient (Wildman–Crippen LogP) is 6.12. The number of hydrogen-bond donors (Lipinski definition) is 2. The van der Waals surface area contributed by atoms with Gasteiger partial charge in [0, 0.05) is 11.6 Å². The van der Waals surface area contributed by atoms with Crippen molar-refractivity contribution in [2.75, 3.05) is 0 Å². The average Bonchev–Trinajstić information content (AvgIpc) is 2.59. The summed E-state index contributed by atoms with van der Waals surface area (Å²) in [6, 6.07) is 13.5. The fraction of sp³-hybridized carbons (Fsp3) is 0.333. The smallest absolute Gasteiger partial charge is 0.123 e. The third-order valence-electron chi connectivity index (χ3n) is 4.58. The van der Waals surface area contributed by atoms with Crippen molar-refractivity contribution in [3.05, 3.63) is 82.5 Å². The van der Waals surface area contributed by atoms with E-state index in [9.17, 15) is 10.2 Å². The molecule has 0 saturated heterocycles. The van der Waals surface area contributed by atoms with Gasteiger partial charge in [-0.05, 0) is 70.1 Å². The van der Waals surface area contributed by atoms with Crippen LogP contribution >= 0.6 is 0 Å². The van der Waals surface area contributed by atoms with Crippen molar-refractivity contribution in [1.82, 2.24) is 0 Å². The molecule has 0 heterocycles. The van der Waals surface area contributed by atoms with Crippen LogP contribution in [0.25, 0.3) is 0 Å². The molecule has 0 spiro atoms. The highest BCUT2D eigenvalue weighted by atomic mass is 16.3. The summed E-state index contributed by atoms with van der Waals surface area (Å²) in [4.78, 5) is 0. The third kappa shape index (κ3) is 6.44. The summed E-state index contributed by atoms with van der Waals surface area (Å²) >= 11 is 0. The van der Waals surface area contributed by atoms with E-state index in [1.54, 1.807) is 6.07 Å². The van der Waals surface area contributed by atoms with Crippen LogP contribution in [-0.4, -0.2) is 10.2 Å². The highest BCUT2D eigenvalue weighted by Crippen LogP contribution is 2.29. The lowest BCUT2D eigenvalue weighted by Crippen LogP contribution is -1.98. The molecule has 0 saturated carbocycles. The van der Waals surface area contributed by atoms with Crippen LogP contribution in [0.2, 0.25) is 0 Å². The molecule has 0 aromatic heterocycles. The highest BCUT2D eigenvalue weighted by Gasteiger charge is 2.10. The second kappa shape index (κ2) is 9.86. The van der Waals surface area contributed by atoms with Gasteiger partial charge in [-0.15, -0.1) is 0 Å². The van der Waals surface area contributed by atoms with Crippen LogP contribution in [0.4, 0.5) is 0 Å². The first-order valence-electron chi connectivity index (χ1n) is 9.32. The maximum Gasteiger partial charge on any atom is 0.123 e. The van der Waals surface area contributed by atoms with Gasteiger partial charge in [-0.2, -0.15) is 0 Å². The maximum atomic E-state index is 10.3. The molecule has 0 bridgehead atoms. The first-order chi connectivity index (χ1) is 12.5. The van der Waals surface area contributed by atoms with Crippen LogP contribution in [0.5, 0.6) is 11.5 Å². The fourth-order valence-corrected chi connectivity index (χ4v) is 3.05. The van der Waals surface area contributed by atoms with Crippen molar-refractivity contribution in [3.8, 4) is 11.5 Å². The fourth-order valence-electron chi connectivity index (χ4n) is 3.05. The Hall–Kier alpha value is -2.48. The van der Waals surface area contributed by atoms with E-state index in [2.05, 4.69) is 45.1 Å². The maximum absolute atomic E-state index is 10.3. The molecule has 0 atom stereocenters. The van der Waals surface area contributed by atoms with E-state index in [0.29, 0.717) is 6.42 Å². The van der Waals surface area contributed by atoms with Gasteiger partial charge in [0.2, 0.25) is 0 Å². The van der Waals surface area contributed by atoms with Crippen molar-refractivity contribution in [2.45, 2.75) is 52.9 Å². The molecular formula is C24H30O2. The second-order valence-corrected chi connectivity index (χ2v) is 7.16. The van der Waals surface area contributed by atoms with E-state index in [1.807, 2.05) is 18.2 Å². The van der Waals surface area contributed by atoms with Gasteiger partial charge >= 0.3 is 0 Å². The van der Waals surface area contributed by atoms with Gasteiger partial charge in [0.15, 0.2) is 0 Å². The summed E-state index contributed by atoms with van der Waals surface area (Å²) in [5.74, 6) is 0.306. The normalized spacial score (nSPS) is 11.4. The molecule has 0 amide bonds. The van der Waals surface area contributed by atoms with Crippen LogP contribution in [0, 0.1) is 0 Å². The zero-order valence-electron chi connectivity index (χ0n) is 16.1. The first-order valence-corrected chi connectivity index (χ1v) is 9.32. The highest BCUT2D eigenvalue weighted by molar-refractivity contribution is 5.46. The van der Waals surface area contributed by atoms with Crippen molar-refractivity contribution < 1.29 is 10.2 Å². The minimum Gasteiger partial charge on any atom is -0.508 e. The predicted molar refractivity (Wildman–Crippen MR) is 110 cm³/mol. The largest absolute Gasteiger partial charge is 0.508 e. The molecule has 2 N–H and O–H groups in total. The van der Waals surface area contributed by atoms with Crippen molar-refractivity contribution in [2.24, 2.45) is 0 Å². The number of benzene rings is 2. The molecule has 0 aliphatic heterocycles. The van der Waals surface area contributed by atoms with E-state index in [-0.39, 0.29) is 11.5 Å². The Balaban J connectivity index is 2.10. The molecule has 2 heteroatoms. The summed E-state index contributed by atoms with van der Waals surface area (Å²) < 4.78 is 0. The van der Waals surface area contributed by atoms with Gasteiger partial charge in [0.25, 0.3) is 0 Å². The van der Waals surface area contributed by atoms with Gasteiger partial charge < -0.3 is 10.2 Å². The minimum atomic E-state index is 0.124. The Morgan fingerprint density at radius 1 is 0.923 bits per heavy atom. The Bertz CT molecular complexity index is 766. The summed E-state index contributed by atoms with van der Waals surface area (Å²) in [6.45, 7) is 6.37. The number of hydrogen-bond acceptors (Lipinski definition) is 2. The monoisotopic (exact) mass is 350 g/mol. The van der Waals surface area contributed by atoms with Crippen molar-refractivity contribution in [1.29, 1.82) is 0 Å². The zero-order chi connectivity index (χ0) is 18.9. The number of phenols is 2. The Labute approximate surface area is 157 Å². The lowest BCUT2D eigenvalue weighted by molar-refractivity contribution is 0.445. The van der Waals surface area contributed by atoms with Gasteiger partial charge in [-0.25, -0.2) is 0 Å². The molecule has 2 rings (SSSR count). The average molecular weight is 351 g/mol. The van der Waals surface area contributed by atoms with Crippen LogP contribution in [-0.2, 0) is 19.3 Å². The number of rotatable bonds is 8. The standard InChI is InChI=1S/C24H30O2/c1-18(2)8-7-9-19(3)12-15-23-21(16-22(25)17-24(23)26)14-13-20-10-5-4-6-11-20/h4-6,8,10-12,16-17,25-26H,7,9,13-15H2,1-3H3. The van der Waals surface area contributed by atoms with Crippen LogP contribution in [0.15, 0.2) is 65.8 Å². The molecule has 0 aliphatic rings. The Morgan fingerprint density at radius 3 is 2.35 bits per heavy atom. The van der Waals surface area contributed by atoms with Gasteiger partial charge in [-0.1, -0.05) is 53.6 Å². The molecule has 2 aromatic carbocycles. The van der Waals surface area contributed by atoms with Crippen molar-refractivity contribution >= 4 is 0 Å². The molecule has 2 nitrogen and oxygen atoms in total. The lowest BCUT2D eigenvalue weighted by Gasteiger charge is -2.12. The second-order valence-electron chi connectivity index (χ2n) is 7.16. The summed E-state index contributed by atoms with van der Waals surface area (Å²) in [6.07, 6.45) is 8.90. The number of phenolic OH excluding ortho intramolecular Hbond substituents is 2. The van der Waals surface area contributed by atoms with E-state index in [0.717, 1.165) is 36.8 Å². The quantitative estimate of drug-likeness (QED) is 0.563. The lowest BCUT2D eigenvalue weighted by atomic mass is 9.95. The van der Waals surface area contributed by atoms with Crippen LogP contribution in [0.3, 0.4) is 0 Å². The molecule has 0 fully saturated rings. The van der Waals surface area contributed by atoms with E-state index >= 15 is 0 Å². The number of aryl methyl sites for hydroxylation is 2. The Kier molecular flexibility index (Phi) is 7.53. The molecule has 0 unspecified atom stereocenters. The number of aromatic hydroxyl groups is 2. The number of allylic oxidation sites excluding steroid dienone is 4. The molecule has 0 radical (unpaired) electrons. The topological polar surface area (TPSA) is 40.5 Å². The van der Waals surface area contributed by atoms with Crippen LogP contribution in [0.1, 0.15) is 50.3 Å². The van der Waals surface area contributed by atoms with Gasteiger partial charge in [0.1, 0.15) is 11.5 Å². The van der Waals surface area contributed by atoms with Crippen LogP contribution < -0.4 is 0 Å².